The minimum atomic E-state index is -3.54. The Hall–Kier alpha value is -2.19. The van der Waals surface area contributed by atoms with Gasteiger partial charge in [-0.1, -0.05) is 11.6 Å². The first kappa shape index (κ1) is 22.0. The van der Waals surface area contributed by atoms with Crippen LogP contribution in [0.2, 0.25) is 0 Å². The minimum Gasteiger partial charge on any atom is -0.354 e. The number of hydrogen-bond acceptors (Lipinski definition) is 4. The summed E-state index contributed by atoms with van der Waals surface area (Å²) >= 11 is 0. The summed E-state index contributed by atoms with van der Waals surface area (Å²) in [6, 6.07) is 4.22. The van der Waals surface area contributed by atoms with Gasteiger partial charge in [0.25, 0.3) is 0 Å². The Morgan fingerprint density at radius 1 is 1.13 bits per heavy atom. The number of nitrogens with zero attached hydrogens (tertiary/aromatic N) is 2. The molecule has 0 radical (unpaired) electrons. The van der Waals surface area contributed by atoms with Gasteiger partial charge in [0, 0.05) is 38.7 Å². The third-order valence-corrected chi connectivity index (χ3v) is 8.41. The molecule has 2 amide bonds. The van der Waals surface area contributed by atoms with Crippen molar-refractivity contribution in [2.75, 3.05) is 24.5 Å². The van der Waals surface area contributed by atoms with Crippen molar-refractivity contribution in [2.45, 2.75) is 69.2 Å². The molecule has 1 aromatic rings. The molecule has 4 rings (SSSR count). The van der Waals surface area contributed by atoms with Crippen molar-refractivity contribution in [3.05, 3.63) is 35.4 Å². The van der Waals surface area contributed by atoms with E-state index in [1.165, 1.54) is 34.5 Å². The van der Waals surface area contributed by atoms with Crippen molar-refractivity contribution in [3.8, 4) is 0 Å². The van der Waals surface area contributed by atoms with E-state index >= 15 is 0 Å². The van der Waals surface area contributed by atoms with Crippen LogP contribution in [0.1, 0.15) is 57.4 Å². The first-order valence-corrected chi connectivity index (χ1v) is 12.7. The largest absolute Gasteiger partial charge is 0.354 e. The molecule has 2 aliphatic heterocycles. The molecule has 0 spiro atoms. The molecule has 1 atom stereocenters. The van der Waals surface area contributed by atoms with Crippen LogP contribution in [-0.2, 0) is 26.0 Å². The van der Waals surface area contributed by atoms with E-state index < -0.39 is 16.1 Å². The fourth-order valence-electron chi connectivity index (χ4n) is 4.86. The monoisotopic (exact) mass is 445 g/mol. The second kappa shape index (κ2) is 9.12. The second-order valence-electron chi connectivity index (χ2n) is 8.66. The third kappa shape index (κ3) is 4.55. The third-order valence-electron chi connectivity index (χ3n) is 6.51. The molecule has 31 heavy (non-hydrogen) atoms. The SMILES string of the molecule is CC(=O)N1c2ccc(S(=O)(=O)N3CCCC3)cc2C[C@@H]1C(=O)NCCC1=CCCCC1. The van der Waals surface area contributed by atoms with Gasteiger partial charge in [-0.2, -0.15) is 4.31 Å². The summed E-state index contributed by atoms with van der Waals surface area (Å²) in [7, 11) is -3.54. The van der Waals surface area contributed by atoms with Crippen LogP contribution >= 0.6 is 0 Å². The average molecular weight is 446 g/mol. The maximum atomic E-state index is 12.9. The number of sulfonamides is 1. The van der Waals surface area contributed by atoms with Gasteiger partial charge < -0.3 is 5.32 Å². The number of hydrogen-bond donors (Lipinski definition) is 1. The van der Waals surface area contributed by atoms with Crippen molar-refractivity contribution in [2.24, 2.45) is 0 Å². The van der Waals surface area contributed by atoms with Crippen LogP contribution in [0.3, 0.4) is 0 Å². The Morgan fingerprint density at radius 3 is 2.58 bits per heavy atom. The Bertz CT molecular complexity index is 996. The van der Waals surface area contributed by atoms with Crippen LogP contribution < -0.4 is 10.2 Å². The van der Waals surface area contributed by atoms with Crippen LogP contribution in [0.25, 0.3) is 0 Å². The topological polar surface area (TPSA) is 86.8 Å². The zero-order chi connectivity index (χ0) is 22.0. The molecule has 1 N–H and O–H groups in total. The normalized spacial score (nSPS) is 21.6. The highest BCUT2D eigenvalue weighted by Gasteiger charge is 2.38. The first-order valence-electron chi connectivity index (χ1n) is 11.3. The summed E-state index contributed by atoms with van der Waals surface area (Å²) < 4.78 is 27.3. The van der Waals surface area contributed by atoms with Gasteiger partial charge in [-0.15, -0.1) is 0 Å². The van der Waals surface area contributed by atoms with E-state index in [0.29, 0.717) is 31.7 Å². The molecule has 7 nitrogen and oxygen atoms in total. The summed E-state index contributed by atoms with van der Waals surface area (Å²) in [5, 5.41) is 2.98. The number of allylic oxidation sites excluding steroid dienone is 1. The van der Waals surface area contributed by atoms with Crippen LogP contribution in [0.15, 0.2) is 34.7 Å². The fourth-order valence-corrected chi connectivity index (χ4v) is 6.43. The molecule has 2 heterocycles. The molecule has 0 bridgehead atoms. The highest BCUT2D eigenvalue weighted by atomic mass is 32.2. The average Bonchev–Trinajstić information content (AvgIpc) is 3.42. The smallest absolute Gasteiger partial charge is 0.243 e. The lowest BCUT2D eigenvalue weighted by Crippen LogP contribution is -2.47. The van der Waals surface area contributed by atoms with E-state index in [1.807, 2.05) is 0 Å². The molecule has 0 unspecified atom stereocenters. The molecule has 168 valence electrons. The number of amides is 2. The summed E-state index contributed by atoms with van der Waals surface area (Å²) in [6.07, 6.45) is 9.84. The van der Waals surface area contributed by atoms with Gasteiger partial charge in [0.15, 0.2) is 0 Å². The van der Waals surface area contributed by atoms with Crippen LogP contribution in [0, 0.1) is 0 Å². The molecule has 3 aliphatic rings. The molecule has 1 saturated heterocycles. The number of benzene rings is 1. The maximum absolute atomic E-state index is 12.9. The Morgan fingerprint density at radius 2 is 1.90 bits per heavy atom. The molecule has 1 aromatic carbocycles. The number of nitrogens with one attached hydrogen (secondary N) is 1. The van der Waals surface area contributed by atoms with Gasteiger partial charge in [0.1, 0.15) is 6.04 Å². The fraction of sp³-hybridized carbons (Fsp3) is 0.565. The molecule has 8 heteroatoms. The maximum Gasteiger partial charge on any atom is 0.243 e. The van der Waals surface area contributed by atoms with Crippen molar-refractivity contribution in [3.63, 3.8) is 0 Å². The number of carbonyl (C=O) groups excluding carboxylic acids is 2. The Kier molecular flexibility index (Phi) is 6.48. The predicted molar refractivity (Wildman–Crippen MR) is 119 cm³/mol. The van der Waals surface area contributed by atoms with Crippen molar-refractivity contribution >= 4 is 27.5 Å². The Labute approximate surface area is 184 Å². The molecule has 0 saturated carbocycles. The van der Waals surface area contributed by atoms with E-state index in [2.05, 4.69) is 11.4 Å². The van der Waals surface area contributed by atoms with Gasteiger partial charge in [0.2, 0.25) is 21.8 Å². The van der Waals surface area contributed by atoms with E-state index in [9.17, 15) is 18.0 Å². The van der Waals surface area contributed by atoms with Gasteiger partial charge in [-0.05, 0) is 68.7 Å². The standard InChI is InChI=1S/C23H31N3O4S/c1-17(27)26-21-10-9-20(31(29,30)25-13-5-6-14-25)15-19(21)16-22(26)23(28)24-12-11-18-7-3-2-4-8-18/h7,9-10,15,22H,2-6,8,11-14,16H2,1H3,(H,24,28)/t22-/m1/s1. The van der Waals surface area contributed by atoms with Crippen molar-refractivity contribution in [1.29, 1.82) is 0 Å². The summed E-state index contributed by atoms with van der Waals surface area (Å²) in [5.74, 6) is -0.407. The molecule has 1 aliphatic carbocycles. The lowest BCUT2D eigenvalue weighted by molar-refractivity contribution is -0.125. The van der Waals surface area contributed by atoms with Crippen LogP contribution in [0.5, 0.6) is 0 Å². The minimum absolute atomic E-state index is 0.188. The van der Waals surface area contributed by atoms with Gasteiger partial charge >= 0.3 is 0 Å². The van der Waals surface area contributed by atoms with Crippen molar-refractivity contribution in [1.82, 2.24) is 9.62 Å². The summed E-state index contributed by atoms with van der Waals surface area (Å²) in [6.45, 7) is 3.08. The summed E-state index contributed by atoms with van der Waals surface area (Å²) in [5.41, 5.74) is 2.75. The zero-order valence-electron chi connectivity index (χ0n) is 18.1. The quantitative estimate of drug-likeness (QED) is 0.682. The zero-order valence-corrected chi connectivity index (χ0v) is 18.9. The van der Waals surface area contributed by atoms with Crippen LogP contribution in [-0.4, -0.2) is 50.2 Å². The van der Waals surface area contributed by atoms with Crippen LogP contribution in [0.4, 0.5) is 5.69 Å². The molecule has 0 aromatic heterocycles. The van der Waals surface area contributed by atoms with Gasteiger partial charge in [-0.25, -0.2) is 8.42 Å². The number of anilines is 1. The highest BCUT2D eigenvalue weighted by molar-refractivity contribution is 7.89. The van der Waals surface area contributed by atoms with Gasteiger partial charge in [-0.3, -0.25) is 14.5 Å². The lowest BCUT2D eigenvalue weighted by atomic mass is 9.97. The molecular formula is C23H31N3O4S. The Balaban J connectivity index is 1.48. The number of rotatable bonds is 6. The molecule has 1 fully saturated rings. The number of fused-ring (bicyclic) bond motifs is 1. The van der Waals surface area contributed by atoms with Crippen molar-refractivity contribution < 1.29 is 18.0 Å². The lowest BCUT2D eigenvalue weighted by Gasteiger charge is -2.24. The van der Waals surface area contributed by atoms with E-state index in [-0.39, 0.29) is 16.7 Å². The van der Waals surface area contributed by atoms with E-state index in [1.54, 1.807) is 18.2 Å². The number of carbonyl (C=O) groups is 2. The second-order valence-corrected chi connectivity index (χ2v) is 10.6. The predicted octanol–water partition coefficient (Wildman–Crippen LogP) is 2.76. The van der Waals surface area contributed by atoms with E-state index in [4.69, 9.17) is 0 Å². The molecular weight excluding hydrogens is 414 g/mol. The first-order chi connectivity index (χ1) is 14.9. The summed E-state index contributed by atoms with van der Waals surface area (Å²) in [4.78, 5) is 27.0. The van der Waals surface area contributed by atoms with E-state index in [0.717, 1.165) is 37.7 Å². The highest BCUT2D eigenvalue weighted by Crippen LogP contribution is 2.35. The van der Waals surface area contributed by atoms with Gasteiger partial charge in [0.05, 0.1) is 4.90 Å².